The van der Waals surface area contributed by atoms with Gasteiger partial charge in [0.2, 0.25) is 0 Å². The van der Waals surface area contributed by atoms with Crippen molar-refractivity contribution in [2.24, 2.45) is 5.92 Å². The Morgan fingerprint density at radius 1 is 0.825 bits per heavy atom. The van der Waals surface area contributed by atoms with E-state index in [1.54, 1.807) is 0 Å². The second-order valence-corrected chi connectivity index (χ2v) is 11.4. The molecule has 2 unspecified atom stereocenters. The van der Waals surface area contributed by atoms with Crippen LogP contribution in [0, 0.1) is 12.8 Å². The highest BCUT2D eigenvalue weighted by Gasteiger charge is 2.55. The highest BCUT2D eigenvalue weighted by atomic mass is 16.6. The van der Waals surface area contributed by atoms with Crippen LogP contribution in [0.25, 0.3) is 0 Å². The second-order valence-electron chi connectivity index (χ2n) is 11.4. The van der Waals surface area contributed by atoms with Gasteiger partial charge in [-0.3, -0.25) is 0 Å². The van der Waals surface area contributed by atoms with Crippen molar-refractivity contribution in [1.82, 2.24) is 0 Å². The molecule has 1 aliphatic carbocycles. The van der Waals surface area contributed by atoms with Crippen LogP contribution in [0.4, 0.5) is 17.1 Å². The van der Waals surface area contributed by atoms with Crippen molar-refractivity contribution >= 4 is 23.0 Å². The van der Waals surface area contributed by atoms with Crippen LogP contribution in [-0.2, 0) is 10.3 Å². The normalized spacial score (nSPS) is 20.1. The van der Waals surface area contributed by atoms with E-state index < -0.39 is 5.60 Å². The molecule has 4 aromatic rings. The largest absolute Gasteiger partial charge is 0.456 e. The molecule has 1 saturated carbocycles. The van der Waals surface area contributed by atoms with Gasteiger partial charge in [-0.05, 0) is 80.6 Å². The van der Waals surface area contributed by atoms with Gasteiger partial charge in [0.05, 0.1) is 11.1 Å². The molecule has 0 aromatic heterocycles. The van der Waals surface area contributed by atoms with Crippen molar-refractivity contribution < 1.29 is 14.3 Å². The zero-order valence-electron chi connectivity index (χ0n) is 23.0. The zero-order valence-corrected chi connectivity index (χ0v) is 23.0. The minimum atomic E-state index is -1.13. The Kier molecular flexibility index (Phi) is 6.03. The third-order valence-corrected chi connectivity index (χ3v) is 8.87. The maximum Gasteiger partial charge on any atom is 0.340 e. The van der Waals surface area contributed by atoms with Crippen LogP contribution in [0.15, 0.2) is 84.9 Å². The first-order valence-electron chi connectivity index (χ1n) is 14.4. The van der Waals surface area contributed by atoms with Crippen LogP contribution in [0.5, 0.6) is 11.5 Å². The third-order valence-electron chi connectivity index (χ3n) is 8.87. The molecule has 5 nitrogen and oxygen atoms in total. The Morgan fingerprint density at radius 2 is 1.60 bits per heavy atom. The number of carbonyl (C=O) groups is 1. The van der Waals surface area contributed by atoms with Gasteiger partial charge in [0, 0.05) is 34.2 Å². The Morgan fingerprint density at radius 3 is 2.42 bits per heavy atom. The van der Waals surface area contributed by atoms with Crippen LogP contribution in [-0.4, -0.2) is 12.0 Å². The number of hydrogen-bond acceptors (Lipinski definition) is 5. The summed E-state index contributed by atoms with van der Waals surface area (Å²) in [5.41, 5.74) is 5.91. The fourth-order valence-electron chi connectivity index (χ4n) is 6.81. The fraction of sp³-hybridized carbons (Fsp3) is 0.286. The summed E-state index contributed by atoms with van der Waals surface area (Å²) in [6.07, 6.45) is 6.36. The second kappa shape index (κ2) is 9.74. The molecule has 0 bridgehead atoms. The number of hydrogen-bond donors (Lipinski definition) is 2. The van der Waals surface area contributed by atoms with E-state index in [0.29, 0.717) is 23.0 Å². The van der Waals surface area contributed by atoms with E-state index >= 15 is 0 Å². The van der Waals surface area contributed by atoms with Crippen LogP contribution in [0.2, 0.25) is 0 Å². The van der Waals surface area contributed by atoms with Gasteiger partial charge in [0.1, 0.15) is 11.5 Å². The fourth-order valence-corrected chi connectivity index (χ4v) is 6.81. The summed E-state index contributed by atoms with van der Waals surface area (Å²) in [6, 6.07) is 28.4. The molecule has 2 heterocycles. The molecular formula is C35H34N2O3. The average molecular weight is 531 g/mol. The van der Waals surface area contributed by atoms with E-state index in [0.717, 1.165) is 39.3 Å². The number of nitrogens with one attached hydrogen (secondary N) is 2. The van der Waals surface area contributed by atoms with E-state index in [1.807, 2.05) is 72.8 Å². The number of ether oxygens (including phenoxy) is 2. The Hall–Kier alpha value is -4.25. The van der Waals surface area contributed by atoms with Gasteiger partial charge in [0.25, 0.3) is 0 Å². The molecule has 2 N–H and O–H groups in total. The maximum absolute atomic E-state index is 13.5. The number of benzene rings is 4. The molecule has 2 aliphatic heterocycles. The van der Waals surface area contributed by atoms with Crippen molar-refractivity contribution in [2.45, 2.75) is 57.6 Å². The van der Waals surface area contributed by atoms with Crippen molar-refractivity contribution in [3.63, 3.8) is 0 Å². The minimum Gasteiger partial charge on any atom is -0.456 e. The molecule has 5 heteroatoms. The number of para-hydroxylation sites is 1. The van der Waals surface area contributed by atoms with Gasteiger partial charge in [-0.2, -0.15) is 0 Å². The standard InChI is InChI=1S/C35H34N2O3/c1-22-20-32-28(21-30(22)37-25-14-7-4-8-15-25)35(27-17-10-9-16-26(27)34(38)40-35)33-29(18-11-19-31(33)39-32)36-23(2)24-12-5-3-6-13-24/h4,7-11,14-21,23-24,36-37H,3,5-6,12-13H2,1-2H3. The lowest BCUT2D eigenvalue weighted by Crippen LogP contribution is -2.36. The van der Waals surface area contributed by atoms with Crippen LogP contribution >= 0.6 is 0 Å². The van der Waals surface area contributed by atoms with Gasteiger partial charge >= 0.3 is 5.97 Å². The number of fused-ring (bicyclic) bond motifs is 6. The molecule has 1 spiro atoms. The molecule has 0 radical (unpaired) electrons. The van der Waals surface area contributed by atoms with Gasteiger partial charge in [0.15, 0.2) is 5.60 Å². The summed E-state index contributed by atoms with van der Waals surface area (Å²) in [6.45, 7) is 4.34. The highest BCUT2D eigenvalue weighted by Crippen LogP contribution is 2.59. The minimum absolute atomic E-state index is 0.283. The Balaban J connectivity index is 1.41. The summed E-state index contributed by atoms with van der Waals surface area (Å²) in [7, 11) is 0. The number of esters is 1. The van der Waals surface area contributed by atoms with Crippen LogP contribution < -0.4 is 15.4 Å². The van der Waals surface area contributed by atoms with Crippen LogP contribution in [0.3, 0.4) is 0 Å². The van der Waals surface area contributed by atoms with Crippen molar-refractivity contribution in [3.05, 3.63) is 113 Å². The van der Waals surface area contributed by atoms with Gasteiger partial charge in [-0.1, -0.05) is 61.7 Å². The molecule has 202 valence electrons. The van der Waals surface area contributed by atoms with E-state index in [2.05, 4.69) is 36.6 Å². The molecule has 0 amide bonds. The smallest absolute Gasteiger partial charge is 0.340 e. The van der Waals surface area contributed by atoms with Gasteiger partial charge in [-0.15, -0.1) is 0 Å². The summed E-state index contributed by atoms with van der Waals surface area (Å²) in [5, 5.41) is 7.41. The first kappa shape index (κ1) is 24.8. The van der Waals surface area contributed by atoms with Crippen molar-refractivity contribution in [1.29, 1.82) is 0 Å². The van der Waals surface area contributed by atoms with Gasteiger partial charge in [-0.25, -0.2) is 4.79 Å². The molecule has 4 aromatic carbocycles. The third kappa shape index (κ3) is 3.95. The van der Waals surface area contributed by atoms with Gasteiger partial charge < -0.3 is 20.1 Å². The molecule has 7 rings (SSSR count). The number of carbonyl (C=O) groups excluding carboxylic acids is 1. The number of aryl methyl sites for hydroxylation is 1. The van der Waals surface area contributed by atoms with E-state index in [9.17, 15) is 4.79 Å². The maximum atomic E-state index is 13.5. The lowest BCUT2D eigenvalue weighted by Gasteiger charge is -2.39. The highest BCUT2D eigenvalue weighted by molar-refractivity contribution is 5.97. The molecule has 1 fully saturated rings. The van der Waals surface area contributed by atoms with E-state index in [4.69, 9.17) is 9.47 Å². The van der Waals surface area contributed by atoms with Crippen molar-refractivity contribution in [3.8, 4) is 11.5 Å². The molecule has 0 saturated heterocycles. The predicted molar refractivity (Wildman–Crippen MR) is 159 cm³/mol. The summed E-state index contributed by atoms with van der Waals surface area (Å²) < 4.78 is 13.1. The number of anilines is 3. The number of rotatable bonds is 5. The van der Waals surface area contributed by atoms with Crippen molar-refractivity contribution in [2.75, 3.05) is 10.6 Å². The topological polar surface area (TPSA) is 59.6 Å². The van der Waals surface area contributed by atoms with E-state index in [-0.39, 0.29) is 12.0 Å². The molecule has 2 atom stereocenters. The molecular weight excluding hydrogens is 496 g/mol. The van der Waals surface area contributed by atoms with E-state index in [1.165, 1.54) is 32.1 Å². The molecule has 3 aliphatic rings. The summed E-state index contributed by atoms with van der Waals surface area (Å²) in [5.74, 6) is 1.70. The summed E-state index contributed by atoms with van der Waals surface area (Å²) in [4.78, 5) is 13.5. The van der Waals surface area contributed by atoms with Crippen LogP contribution in [0.1, 0.15) is 71.6 Å². The lowest BCUT2D eigenvalue weighted by molar-refractivity contribution is 0.0226. The predicted octanol–water partition coefficient (Wildman–Crippen LogP) is 8.69. The Labute approximate surface area is 235 Å². The average Bonchev–Trinajstić information content (AvgIpc) is 3.27. The quantitative estimate of drug-likeness (QED) is 0.253. The SMILES string of the molecule is Cc1cc2c(cc1Nc1ccccc1)C1(OC(=O)c3ccccc31)c1c(NC(C)C3CCCCC3)cccc1O2. The molecule has 40 heavy (non-hydrogen) atoms. The zero-order chi connectivity index (χ0) is 27.3. The first-order chi connectivity index (χ1) is 19.5. The Bertz CT molecular complexity index is 1590. The monoisotopic (exact) mass is 530 g/mol. The first-order valence-corrected chi connectivity index (χ1v) is 14.4. The lowest BCUT2D eigenvalue weighted by atomic mass is 9.76. The summed E-state index contributed by atoms with van der Waals surface area (Å²) >= 11 is 0.